The van der Waals surface area contributed by atoms with Gasteiger partial charge in [-0.2, -0.15) is 4.99 Å². The van der Waals surface area contributed by atoms with Crippen LogP contribution in [0.2, 0.25) is 43.8 Å². The molecular weight excluding hydrogens is 677 g/mol. The van der Waals surface area contributed by atoms with E-state index in [9.17, 15) is 14.7 Å². The first-order chi connectivity index (χ1) is 22.5. The molecular formula is C35H48N4O5S2Si2. The number of hydrogen-bond donors (Lipinski definition) is 1. The van der Waals surface area contributed by atoms with E-state index in [1.165, 1.54) is 22.7 Å². The molecule has 5 rings (SSSR count). The lowest BCUT2D eigenvalue weighted by Crippen LogP contribution is -2.41. The molecule has 48 heavy (non-hydrogen) atoms. The third kappa shape index (κ3) is 8.43. The number of ether oxygens (including phenoxy) is 1. The van der Waals surface area contributed by atoms with Crippen molar-refractivity contribution in [1.82, 2.24) is 9.55 Å². The summed E-state index contributed by atoms with van der Waals surface area (Å²) in [5.41, 5.74) is 3.64. The number of carbonyl (C=O) groups excluding carboxylic acids is 1. The summed E-state index contributed by atoms with van der Waals surface area (Å²) in [6.45, 7) is 20.6. The number of rotatable bonds is 12. The lowest BCUT2D eigenvalue weighted by molar-refractivity contribution is 0.0689. The Labute approximate surface area is 293 Å². The van der Waals surface area contributed by atoms with Crippen LogP contribution in [0.1, 0.15) is 57.6 Å². The van der Waals surface area contributed by atoms with Crippen molar-refractivity contribution < 1.29 is 23.9 Å². The molecule has 1 N–H and O–H groups in total. The van der Waals surface area contributed by atoms with Crippen molar-refractivity contribution in [3.63, 3.8) is 0 Å². The highest BCUT2D eigenvalue weighted by molar-refractivity contribution is 7.16. The minimum atomic E-state index is -1.96. The zero-order valence-corrected chi connectivity index (χ0v) is 33.0. The van der Waals surface area contributed by atoms with E-state index in [2.05, 4.69) is 74.4 Å². The number of carboxylic acids is 1. The maximum absolute atomic E-state index is 13.9. The number of anilines is 1. The Morgan fingerprint density at radius 2 is 1.77 bits per heavy atom. The third-order valence-electron chi connectivity index (χ3n) is 9.26. The van der Waals surface area contributed by atoms with E-state index in [4.69, 9.17) is 9.16 Å². The van der Waals surface area contributed by atoms with E-state index in [-0.39, 0.29) is 16.6 Å². The van der Waals surface area contributed by atoms with Gasteiger partial charge in [0.2, 0.25) is 0 Å². The standard InChI is InChI=1S/C35H48N4O5S2Si2/c1-35(2,3)48(7,8)44-19-17-29-30(32(41)42)36-33(46-29)38-18-16-24-12-11-13-25(26(24)22-38)31(40)37-34-39(23-43-20-21-47(4,5)6)27-14-9-10-15-28(27)45-34/h9-15H,16-23H2,1-8H3,(H,41,42). The molecule has 9 nitrogen and oxygen atoms in total. The highest BCUT2D eigenvalue weighted by atomic mass is 32.1. The lowest BCUT2D eigenvalue weighted by atomic mass is 9.95. The van der Waals surface area contributed by atoms with Crippen molar-refractivity contribution in [3.8, 4) is 0 Å². The molecule has 0 saturated heterocycles. The van der Waals surface area contributed by atoms with Crippen molar-refractivity contribution in [2.75, 3.05) is 24.7 Å². The van der Waals surface area contributed by atoms with E-state index in [1.807, 2.05) is 41.0 Å². The topological polar surface area (TPSA) is 106 Å². The number of carbonyl (C=O) groups is 2. The number of benzene rings is 2. The van der Waals surface area contributed by atoms with Crippen LogP contribution in [0.4, 0.5) is 5.13 Å². The highest BCUT2D eigenvalue weighted by Crippen LogP contribution is 2.37. The molecule has 0 unspecified atom stereocenters. The van der Waals surface area contributed by atoms with Gasteiger partial charge in [-0.3, -0.25) is 9.36 Å². The Morgan fingerprint density at radius 3 is 2.48 bits per heavy atom. The number of hydrogen-bond acceptors (Lipinski definition) is 8. The maximum atomic E-state index is 13.9. The van der Waals surface area contributed by atoms with Gasteiger partial charge in [0.25, 0.3) is 5.91 Å². The van der Waals surface area contributed by atoms with E-state index >= 15 is 0 Å². The molecule has 0 bridgehead atoms. The molecule has 2 aromatic heterocycles. The largest absolute Gasteiger partial charge is 0.476 e. The van der Waals surface area contributed by atoms with Gasteiger partial charge in [-0.05, 0) is 59.9 Å². The van der Waals surface area contributed by atoms with Gasteiger partial charge in [0.15, 0.2) is 23.9 Å². The summed E-state index contributed by atoms with van der Waals surface area (Å²) in [7, 11) is -3.20. The van der Waals surface area contributed by atoms with E-state index in [1.54, 1.807) is 0 Å². The number of aromatic nitrogens is 2. The van der Waals surface area contributed by atoms with E-state index in [0.717, 1.165) is 33.8 Å². The van der Waals surface area contributed by atoms with Crippen LogP contribution in [-0.4, -0.2) is 62.7 Å². The first kappa shape index (κ1) is 36.3. The molecule has 3 heterocycles. The van der Waals surface area contributed by atoms with Crippen molar-refractivity contribution in [3.05, 3.63) is 74.5 Å². The second-order valence-electron chi connectivity index (χ2n) is 15.1. The summed E-state index contributed by atoms with van der Waals surface area (Å²) in [6, 6.07) is 14.9. The van der Waals surface area contributed by atoms with Crippen molar-refractivity contribution >= 4 is 66.3 Å². The summed E-state index contributed by atoms with van der Waals surface area (Å²) in [4.78, 5) is 38.8. The monoisotopic (exact) mass is 724 g/mol. The van der Waals surface area contributed by atoms with Gasteiger partial charge < -0.3 is 19.2 Å². The SMILES string of the molecule is CC(C)(C)[Si](C)(C)OCCc1sc(N2CCc3cccc(C(=O)N=c4sc5ccccc5n4COCC[Si](C)(C)C)c3C2)nc1C(=O)O. The molecule has 13 heteroatoms. The van der Waals surface area contributed by atoms with Crippen LogP contribution >= 0.6 is 22.7 Å². The van der Waals surface area contributed by atoms with Crippen molar-refractivity contribution in [1.29, 1.82) is 0 Å². The second kappa shape index (κ2) is 14.5. The Bertz CT molecular complexity index is 1870. The normalized spacial score (nSPS) is 14.5. The quantitative estimate of drug-likeness (QED) is 0.117. The smallest absolute Gasteiger partial charge is 0.355 e. The predicted octanol–water partition coefficient (Wildman–Crippen LogP) is 8.04. The van der Waals surface area contributed by atoms with Gasteiger partial charge in [0.05, 0.1) is 10.2 Å². The molecule has 0 radical (unpaired) electrons. The summed E-state index contributed by atoms with van der Waals surface area (Å²) >= 11 is 2.89. The molecule has 0 spiro atoms. The average Bonchev–Trinajstić information content (AvgIpc) is 3.59. The zero-order valence-electron chi connectivity index (χ0n) is 29.4. The molecule has 258 valence electrons. The van der Waals surface area contributed by atoms with Gasteiger partial charge in [0.1, 0.15) is 6.73 Å². The molecule has 1 amide bonds. The molecule has 1 aliphatic rings. The summed E-state index contributed by atoms with van der Waals surface area (Å²) in [5, 5.41) is 10.7. The molecule has 0 fully saturated rings. The number of para-hydroxylation sites is 1. The van der Waals surface area contributed by atoms with E-state index < -0.39 is 22.4 Å². The van der Waals surface area contributed by atoms with Gasteiger partial charge in [-0.1, -0.05) is 76.0 Å². The molecule has 0 aliphatic carbocycles. The number of nitrogens with zero attached hydrogens (tertiary/aromatic N) is 4. The fraction of sp³-hybridized carbons (Fsp3) is 0.486. The summed E-state index contributed by atoms with van der Waals surface area (Å²) < 4.78 is 15.5. The Balaban J connectivity index is 1.39. The molecule has 4 aromatic rings. The lowest BCUT2D eigenvalue weighted by Gasteiger charge is -2.36. The minimum Gasteiger partial charge on any atom is -0.476 e. The first-order valence-corrected chi connectivity index (χ1v) is 24.8. The molecule has 1 aliphatic heterocycles. The van der Waals surface area contributed by atoms with Gasteiger partial charge in [-0.15, -0.1) is 11.3 Å². The zero-order chi connectivity index (χ0) is 34.9. The molecule has 0 saturated carbocycles. The van der Waals surface area contributed by atoms with Gasteiger partial charge in [-0.25, -0.2) is 9.78 Å². The van der Waals surface area contributed by atoms with Crippen LogP contribution in [0.5, 0.6) is 0 Å². The second-order valence-corrected chi connectivity index (χ2v) is 27.6. The number of fused-ring (bicyclic) bond motifs is 2. The van der Waals surface area contributed by atoms with Crippen LogP contribution in [0, 0.1) is 0 Å². The maximum Gasteiger partial charge on any atom is 0.355 e. The average molecular weight is 725 g/mol. The Morgan fingerprint density at radius 1 is 1.02 bits per heavy atom. The van der Waals surface area contributed by atoms with Crippen LogP contribution in [0.15, 0.2) is 47.5 Å². The minimum absolute atomic E-state index is 0.0719. The number of carboxylic acid groups (broad SMARTS) is 1. The highest BCUT2D eigenvalue weighted by Gasteiger charge is 2.37. The van der Waals surface area contributed by atoms with Crippen LogP contribution in [0.25, 0.3) is 10.2 Å². The third-order valence-corrected chi connectivity index (χ3v) is 17.7. The summed E-state index contributed by atoms with van der Waals surface area (Å²) in [5.74, 6) is -1.34. The Hall–Kier alpha value is -2.95. The van der Waals surface area contributed by atoms with Crippen molar-refractivity contribution in [2.45, 2.75) is 90.7 Å². The fourth-order valence-corrected chi connectivity index (χ4v) is 9.16. The van der Waals surface area contributed by atoms with E-state index in [0.29, 0.717) is 59.8 Å². The van der Waals surface area contributed by atoms with Crippen LogP contribution in [0.3, 0.4) is 0 Å². The Kier molecular flexibility index (Phi) is 11.0. The van der Waals surface area contributed by atoms with Gasteiger partial charge >= 0.3 is 5.97 Å². The first-order valence-electron chi connectivity index (χ1n) is 16.5. The molecule has 2 aromatic carbocycles. The summed E-state index contributed by atoms with van der Waals surface area (Å²) in [6.07, 6.45) is 1.21. The number of thiazole rings is 2. The fourth-order valence-electron chi connectivity index (χ4n) is 5.28. The molecule has 0 atom stereocenters. The van der Waals surface area contributed by atoms with Crippen LogP contribution in [-0.2, 0) is 35.3 Å². The van der Waals surface area contributed by atoms with Gasteiger partial charge in [0, 0.05) is 51.2 Å². The number of aromatic carboxylic acids is 1. The number of amides is 1. The van der Waals surface area contributed by atoms with Crippen LogP contribution < -0.4 is 9.70 Å². The van der Waals surface area contributed by atoms with Crippen molar-refractivity contribution in [2.24, 2.45) is 4.99 Å². The predicted molar refractivity (Wildman–Crippen MR) is 201 cm³/mol.